The fourth-order valence-electron chi connectivity index (χ4n) is 0.479. The van der Waals surface area contributed by atoms with E-state index >= 15 is 0 Å². The molecule has 0 saturated carbocycles. The Morgan fingerprint density at radius 3 is 2.56 bits per heavy atom. The number of rotatable bonds is 3. The molecule has 0 aliphatic rings. The molecule has 0 heterocycles. The lowest BCUT2D eigenvalue weighted by Gasteiger charge is -1.83. The van der Waals surface area contributed by atoms with E-state index in [0.717, 1.165) is 6.42 Å². The Bertz CT molecular complexity index is 123. The van der Waals surface area contributed by atoms with Crippen LogP contribution in [0.15, 0.2) is 36.5 Å². The Labute approximate surface area is 57.6 Å². The first-order valence-electron chi connectivity index (χ1n) is 3.18. The summed E-state index contributed by atoms with van der Waals surface area (Å²) < 4.78 is 0. The Morgan fingerprint density at radius 2 is 2.11 bits per heavy atom. The van der Waals surface area contributed by atoms with Gasteiger partial charge in [0.25, 0.3) is 0 Å². The van der Waals surface area contributed by atoms with E-state index in [1.165, 1.54) is 5.57 Å². The lowest BCUT2D eigenvalue weighted by atomic mass is 10.2. The van der Waals surface area contributed by atoms with E-state index in [4.69, 9.17) is 0 Å². The molecular weight excluding hydrogens is 108 g/mol. The van der Waals surface area contributed by atoms with Crippen molar-refractivity contribution in [3.05, 3.63) is 36.5 Å². The second-order valence-electron chi connectivity index (χ2n) is 2.18. The van der Waals surface area contributed by atoms with Crippen LogP contribution >= 0.6 is 0 Å². The van der Waals surface area contributed by atoms with Crippen LogP contribution in [0.4, 0.5) is 0 Å². The monoisotopic (exact) mass is 122 g/mol. The van der Waals surface area contributed by atoms with E-state index in [1.54, 1.807) is 6.08 Å². The molecule has 0 nitrogen and oxygen atoms in total. The molecule has 0 aromatic rings. The average Bonchev–Trinajstić information content (AvgIpc) is 1.80. The van der Waals surface area contributed by atoms with E-state index in [9.17, 15) is 0 Å². The van der Waals surface area contributed by atoms with Crippen molar-refractivity contribution in [3.8, 4) is 0 Å². The predicted octanol–water partition coefficient (Wildman–Crippen LogP) is 3.08. The quantitative estimate of drug-likeness (QED) is 0.398. The molecule has 0 heteroatoms. The van der Waals surface area contributed by atoms with E-state index in [1.807, 2.05) is 6.08 Å². The second-order valence-corrected chi connectivity index (χ2v) is 2.18. The zero-order valence-corrected chi connectivity index (χ0v) is 6.22. The van der Waals surface area contributed by atoms with Crippen molar-refractivity contribution in [3.63, 3.8) is 0 Å². The van der Waals surface area contributed by atoms with Crippen LogP contribution < -0.4 is 0 Å². The van der Waals surface area contributed by atoms with Gasteiger partial charge in [-0.05, 0) is 20.3 Å². The molecule has 0 fully saturated rings. The number of hydrogen-bond donors (Lipinski definition) is 0. The summed E-state index contributed by atoms with van der Waals surface area (Å²) in [6.45, 7) is 7.77. The molecule has 0 aliphatic heterocycles. The van der Waals surface area contributed by atoms with Crippen LogP contribution in [0.2, 0.25) is 0 Å². The maximum Gasteiger partial charge on any atom is -0.0164 e. The highest BCUT2D eigenvalue weighted by molar-refractivity contribution is 5.03. The third-order valence-corrected chi connectivity index (χ3v) is 0.934. The van der Waals surface area contributed by atoms with Gasteiger partial charge in [0, 0.05) is 0 Å². The molecule has 0 rings (SSSR count). The van der Waals surface area contributed by atoms with Crippen LogP contribution in [0, 0.1) is 0 Å². The summed E-state index contributed by atoms with van der Waals surface area (Å²) in [6, 6.07) is 0. The van der Waals surface area contributed by atoms with Crippen LogP contribution in [0.3, 0.4) is 0 Å². The lowest BCUT2D eigenvalue weighted by molar-refractivity contribution is 1.28. The maximum absolute atomic E-state index is 3.57. The first kappa shape index (κ1) is 8.22. The molecule has 9 heavy (non-hydrogen) atoms. The van der Waals surface area contributed by atoms with Gasteiger partial charge in [-0.1, -0.05) is 36.5 Å². The van der Waals surface area contributed by atoms with Crippen LogP contribution in [-0.4, -0.2) is 0 Å². The number of hydrogen-bond acceptors (Lipinski definition) is 0. The van der Waals surface area contributed by atoms with Gasteiger partial charge in [0.05, 0.1) is 0 Å². The highest BCUT2D eigenvalue weighted by atomic mass is 13.8. The third kappa shape index (κ3) is 7.22. The fourth-order valence-corrected chi connectivity index (χ4v) is 0.479. The smallest absolute Gasteiger partial charge is 0.0164 e. The SMILES string of the molecule is C=CC=CCC=C(C)C. The minimum atomic E-state index is 1.02. The van der Waals surface area contributed by atoms with Gasteiger partial charge >= 0.3 is 0 Å². The van der Waals surface area contributed by atoms with Crippen LogP contribution in [-0.2, 0) is 0 Å². The Hall–Kier alpha value is -0.780. The molecular formula is C9H14. The molecule has 0 aliphatic carbocycles. The minimum absolute atomic E-state index is 1.02. The Morgan fingerprint density at radius 1 is 1.44 bits per heavy atom. The molecule has 0 bridgehead atoms. The second kappa shape index (κ2) is 5.36. The molecule has 0 aromatic heterocycles. The van der Waals surface area contributed by atoms with E-state index in [-0.39, 0.29) is 0 Å². The first-order chi connectivity index (χ1) is 4.27. The zero-order chi connectivity index (χ0) is 7.11. The van der Waals surface area contributed by atoms with Crippen LogP contribution in [0.1, 0.15) is 20.3 Å². The van der Waals surface area contributed by atoms with Crippen molar-refractivity contribution in [1.29, 1.82) is 0 Å². The molecule has 50 valence electrons. The summed E-state index contributed by atoms with van der Waals surface area (Å²) >= 11 is 0. The highest BCUT2D eigenvalue weighted by Gasteiger charge is 1.71. The van der Waals surface area contributed by atoms with Crippen molar-refractivity contribution in [1.82, 2.24) is 0 Å². The first-order valence-corrected chi connectivity index (χ1v) is 3.18. The minimum Gasteiger partial charge on any atom is -0.0991 e. The van der Waals surface area contributed by atoms with Crippen molar-refractivity contribution in [2.75, 3.05) is 0 Å². The van der Waals surface area contributed by atoms with Crippen molar-refractivity contribution < 1.29 is 0 Å². The van der Waals surface area contributed by atoms with Gasteiger partial charge in [-0.2, -0.15) is 0 Å². The predicted molar refractivity (Wildman–Crippen MR) is 43.4 cm³/mol. The normalized spacial score (nSPS) is 9.56. The summed E-state index contributed by atoms with van der Waals surface area (Å²) in [5.41, 5.74) is 1.36. The topological polar surface area (TPSA) is 0 Å². The largest absolute Gasteiger partial charge is 0.0991 e. The van der Waals surface area contributed by atoms with Gasteiger partial charge < -0.3 is 0 Å². The molecule has 0 N–H and O–H groups in total. The van der Waals surface area contributed by atoms with E-state index in [2.05, 4.69) is 32.6 Å². The molecule has 0 amide bonds. The summed E-state index contributed by atoms with van der Waals surface area (Å²) in [4.78, 5) is 0. The van der Waals surface area contributed by atoms with Crippen LogP contribution in [0.25, 0.3) is 0 Å². The molecule has 0 saturated heterocycles. The Balaban J connectivity index is 3.40. The molecule has 0 unspecified atom stereocenters. The van der Waals surface area contributed by atoms with Crippen LogP contribution in [0.5, 0.6) is 0 Å². The number of allylic oxidation sites excluding steroid dienone is 5. The summed E-state index contributed by atoms with van der Waals surface area (Å²) in [5, 5.41) is 0. The summed E-state index contributed by atoms with van der Waals surface area (Å²) in [7, 11) is 0. The van der Waals surface area contributed by atoms with E-state index < -0.39 is 0 Å². The molecule has 0 atom stereocenters. The summed E-state index contributed by atoms with van der Waals surface area (Å²) in [5.74, 6) is 0. The van der Waals surface area contributed by atoms with Gasteiger partial charge in [0.15, 0.2) is 0 Å². The Kier molecular flexibility index (Phi) is 4.89. The van der Waals surface area contributed by atoms with Gasteiger partial charge in [0.1, 0.15) is 0 Å². The molecule has 0 spiro atoms. The van der Waals surface area contributed by atoms with Gasteiger partial charge in [0.2, 0.25) is 0 Å². The van der Waals surface area contributed by atoms with Crippen molar-refractivity contribution in [2.24, 2.45) is 0 Å². The lowest BCUT2D eigenvalue weighted by Crippen LogP contribution is -1.62. The van der Waals surface area contributed by atoms with Gasteiger partial charge in [-0.15, -0.1) is 0 Å². The third-order valence-electron chi connectivity index (χ3n) is 0.934. The van der Waals surface area contributed by atoms with Crippen molar-refractivity contribution in [2.45, 2.75) is 20.3 Å². The van der Waals surface area contributed by atoms with Crippen molar-refractivity contribution >= 4 is 0 Å². The molecule has 0 radical (unpaired) electrons. The van der Waals surface area contributed by atoms with Gasteiger partial charge in [-0.25, -0.2) is 0 Å². The fraction of sp³-hybridized carbons (Fsp3) is 0.333. The van der Waals surface area contributed by atoms with E-state index in [0.29, 0.717) is 0 Å². The zero-order valence-electron chi connectivity index (χ0n) is 6.22. The van der Waals surface area contributed by atoms with Gasteiger partial charge in [-0.3, -0.25) is 0 Å². The molecule has 0 aromatic carbocycles. The highest BCUT2D eigenvalue weighted by Crippen LogP contribution is 1.93. The average molecular weight is 122 g/mol. The summed E-state index contributed by atoms with van der Waals surface area (Å²) in [6.07, 6.45) is 9.03. The standard InChI is InChI=1S/C9H14/c1-4-5-6-7-8-9(2)3/h4-6,8H,1,7H2,2-3H3. The maximum atomic E-state index is 3.57.